The average Bonchev–Trinajstić information content (AvgIpc) is 2.84. The second-order valence-corrected chi connectivity index (χ2v) is 4.99. The van der Waals surface area contributed by atoms with E-state index in [1.54, 1.807) is 0 Å². The van der Waals surface area contributed by atoms with Gasteiger partial charge in [0.1, 0.15) is 0 Å². The Hall–Kier alpha value is -1.32. The van der Waals surface area contributed by atoms with E-state index < -0.39 is 0 Å². The van der Waals surface area contributed by atoms with Crippen LogP contribution < -0.4 is 5.32 Å². The zero-order valence-electron chi connectivity index (χ0n) is 10.5. The Bertz CT molecular complexity index is 468. The van der Waals surface area contributed by atoms with Crippen molar-refractivity contribution in [2.75, 3.05) is 6.54 Å². The molecule has 1 atom stereocenters. The van der Waals surface area contributed by atoms with Gasteiger partial charge in [-0.15, -0.1) is 0 Å². The molecule has 1 heterocycles. The summed E-state index contributed by atoms with van der Waals surface area (Å²) in [6, 6.07) is 7.94. The maximum Gasteiger partial charge on any atom is 0.0946 e. The first-order chi connectivity index (χ1) is 8.75. The van der Waals surface area contributed by atoms with Crippen molar-refractivity contribution in [1.82, 2.24) is 14.9 Å². The van der Waals surface area contributed by atoms with Crippen LogP contribution in [0.1, 0.15) is 12.5 Å². The molecule has 4 heteroatoms. The zero-order chi connectivity index (χ0) is 12.8. The standard InChI is InChI=1S/C14H18ClN3/c1-12(10-18-7-6-16-11-18)8-17-9-13-4-2-3-5-14(13)15/h2-7,11-12,17H,8-10H2,1H3. The van der Waals surface area contributed by atoms with Crippen LogP contribution in [0.5, 0.6) is 0 Å². The van der Waals surface area contributed by atoms with Crippen LogP contribution in [0, 0.1) is 5.92 Å². The maximum atomic E-state index is 6.10. The van der Waals surface area contributed by atoms with E-state index in [2.05, 4.69) is 27.9 Å². The molecule has 1 N–H and O–H groups in total. The van der Waals surface area contributed by atoms with Crippen molar-refractivity contribution in [2.24, 2.45) is 5.92 Å². The molecule has 3 nitrogen and oxygen atoms in total. The van der Waals surface area contributed by atoms with Crippen molar-refractivity contribution in [3.8, 4) is 0 Å². The zero-order valence-corrected chi connectivity index (χ0v) is 11.3. The van der Waals surface area contributed by atoms with Crippen molar-refractivity contribution >= 4 is 11.6 Å². The van der Waals surface area contributed by atoms with Crippen molar-refractivity contribution in [2.45, 2.75) is 20.0 Å². The molecule has 0 saturated heterocycles. The van der Waals surface area contributed by atoms with Gasteiger partial charge >= 0.3 is 0 Å². The fraction of sp³-hybridized carbons (Fsp3) is 0.357. The number of imidazole rings is 1. The molecule has 0 fully saturated rings. The van der Waals surface area contributed by atoms with Crippen molar-refractivity contribution in [1.29, 1.82) is 0 Å². The Morgan fingerprint density at radius 3 is 2.94 bits per heavy atom. The number of halogens is 1. The van der Waals surface area contributed by atoms with E-state index >= 15 is 0 Å². The van der Waals surface area contributed by atoms with Crippen LogP contribution >= 0.6 is 11.6 Å². The van der Waals surface area contributed by atoms with E-state index in [0.717, 1.165) is 30.2 Å². The van der Waals surface area contributed by atoms with E-state index in [0.29, 0.717) is 5.92 Å². The van der Waals surface area contributed by atoms with Gasteiger partial charge in [-0.1, -0.05) is 36.7 Å². The lowest BCUT2D eigenvalue weighted by Crippen LogP contribution is -2.23. The number of hydrogen-bond donors (Lipinski definition) is 1. The molecule has 0 bridgehead atoms. The van der Waals surface area contributed by atoms with E-state index in [1.807, 2.05) is 36.9 Å². The van der Waals surface area contributed by atoms with Crippen LogP contribution in [0.15, 0.2) is 43.0 Å². The molecule has 0 aliphatic carbocycles. The molecule has 2 rings (SSSR count). The lowest BCUT2D eigenvalue weighted by molar-refractivity contribution is 0.445. The summed E-state index contributed by atoms with van der Waals surface area (Å²) in [4.78, 5) is 4.04. The Balaban J connectivity index is 1.74. The number of hydrogen-bond acceptors (Lipinski definition) is 2. The molecule has 1 unspecified atom stereocenters. The van der Waals surface area contributed by atoms with Gasteiger partial charge in [0.2, 0.25) is 0 Å². The van der Waals surface area contributed by atoms with Gasteiger partial charge in [-0.3, -0.25) is 0 Å². The first-order valence-electron chi connectivity index (χ1n) is 6.15. The first-order valence-corrected chi connectivity index (χ1v) is 6.53. The largest absolute Gasteiger partial charge is 0.337 e. The molecule has 1 aromatic heterocycles. The second kappa shape index (κ2) is 6.57. The summed E-state index contributed by atoms with van der Waals surface area (Å²) in [5.74, 6) is 0.557. The lowest BCUT2D eigenvalue weighted by Gasteiger charge is -2.13. The first kappa shape index (κ1) is 13.1. The van der Waals surface area contributed by atoms with Crippen molar-refractivity contribution in [3.05, 3.63) is 53.6 Å². The van der Waals surface area contributed by atoms with Crippen LogP contribution in [0.3, 0.4) is 0 Å². The molecular weight excluding hydrogens is 246 g/mol. The fourth-order valence-electron chi connectivity index (χ4n) is 1.91. The van der Waals surface area contributed by atoms with Gasteiger partial charge in [-0.2, -0.15) is 0 Å². The van der Waals surface area contributed by atoms with Crippen LogP contribution in [-0.4, -0.2) is 16.1 Å². The lowest BCUT2D eigenvalue weighted by atomic mass is 10.1. The minimum absolute atomic E-state index is 0.557. The van der Waals surface area contributed by atoms with Crippen molar-refractivity contribution < 1.29 is 0 Å². The summed E-state index contributed by atoms with van der Waals surface area (Å²) >= 11 is 6.10. The second-order valence-electron chi connectivity index (χ2n) is 4.59. The summed E-state index contributed by atoms with van der Waals surface area (Å²) in [5.41, 5.74) is 1.15. The number of benzene rings is 1. The quantitative estimate of drug-likeness (QED) is 0.868. The Kier molecular flexibility index (Phi) is 4.79. The molecule has 0 aliphatic rings. The summed E-state index contributed by atoms with van der Waals surface area (Å²) in [6.45, 7) is 4.98. The highest BCUT2D eigenvalue weighted by Crippen LogP contribution is 2.14. The molecule has 0 amide bonds. The van der Waals surface area contributed by atoms with E-state index in [4.69, 9.17) is 11.6 Å². The predicted octanol–water partition coefficient (Wildman–Crippen LogP) is 2.96. The highest BCUT2D eigenvalue weighted by atomic mass is 35.5. The van der Waals surface area contributed by atoms with Crippen LogP contribution in [0.4, 0.5) is 0 Å². The molecular formula is C14H18ClN3. The average molecular weight is 264 g/mol. The number of rotatable bonds is 6. The molecule has 0 spiro atoms. The minimum atomic E-state index is 0.557. The van der Waals surface area contributed by atoms with Crippen molar-refractivity contribution in [3.63, 3.8) is 0 Å². The minimum Gasteiger partial charge on any atom is -0.337 e. The molecule has 1 aromatic carbocycles. The Morgan fingerprint density at radius 2 is 2.22 bits per heavy atom. The van der Waals surface area contributed by atoms with Gasteiger partial charge in [0.25, 0.3) is 0 Å². The monoisotopic (exact) mass is 263 g/mol. The maximum absolute atomic E-state index is 6.10. The Labute approximate surface area is 113 Å². The Morgan fingerprint density at radius 1 is 1.39 bits per heavy atom. The fourth-order valence-corrected chi connectivity index (χ4v) is 2.12. The van der Waals surface area contributed by atoms with Crippen LogP contribution in [-0.2, 0) is 13.1 Å². The third kappa shape index (κ3) is 3.86. The van der Waals surface area contributed by atoms with Gasteiger partial charge in [0.05, 0.1) is 6.33 Å². The topological polar surface area (TPSA) is 29.9 Å². The van der Waals surface area contributed by atoms with Gasteiger partial charge < -0.3 is 9.88 Å². The predicted molar refractivity (Wildman–Crippen MR) is 74.5 cm³/mol. The molecule has 0 saturated carbocycles. The molecule has 18 heavy (non-hydrogen) atoms. The van der Waals surface area contributed by atoms with Gasteiger partial charge in [-0.25, -0.2) is 4.98 Å². The summed E-state index contributed by atoms with van der Waals surface area (Å²) in [6.07, 6.45) is 5.65. The van der Waals surface area contributed by atoms with Gasteiger partial charge in [0.15, 0.2) is 0 Å². The summed E-state index contributed by atoms with van der Waals surface area (Å²) in [7, 11) is 0. The van der Waals surface area contributed by atoms with Gasteiger partial charge in [-0.05, 0) is 24.1 Å². The molecule has 2 aromatic rings. The highest BCUT2D eigenvalue weighted by molar-refractivity contribution is 6.31. The van der Waals surface area contributed by atoms with E-state index in [1.165, 1.54) is 0 Å². The highest BCUT2D eigenvalue weighted by Gasteiger charge is 2.03. The van der Waals surface area contributed by atoms with Crippen LogP contribution in [0.25, 0.3) is 0 Å². The normalized spacial score (nSPS) is 12.6. The third-order valence-corrected chi connectivity index (χ3v) is 3.22. The molecule has 0 radical (unpaired) electrons. The van der Waals surface area contributed by atoms with Crippen LogP contribution in [0.2, 0.25) is 5.02 Å². The van der Waals surface area contributed by atoms with E-state index in [9.17, 15) is 0 Å². The van der Waals surface area contributed by atoms with Gasteiger partial charge in [0, 0.05) is 30.5 Å². The summed E-state index contributed by atoms with van der Waals surface area (Å²) < 4.78 is 2.10. The number of nitrogens with one attached hydrogen (secondary N) is 1. The SMILES string of the molecule is CC(CNCc1ccccc1Cl)Cn1ccnc1. The smallest absolute Gasteiger partial charge is 0.0946 e. The molecule has 96 valence electrons. The third-order valence-electron chi connectivity index (χ3n) is 2.85. The van der Waals surface area contributed by atoms with E-state index in [-0.39, 0.29) is 0 Å². The summed E-state index contributed by atoms with van der Waals surface area (Å²) in [5, 5.41) is 4.26. The molecule has 0 aliphatic heterocycles. The number of aromatic nitrogens is 2. The number of nitrogens with zero attached hydrogens (tertiary/aromatic N) is 2.